The molecule has 2 atom stereocenters. The minimum absolute atomic E-state index is 0.300. The first-order valence-corrected chi connectivity index (χ1v) is 7.98. The average molecular weight is 287 g/mol. The highest BCUT2D eigenvalue weighted by Crippen LogP contribution is 2.35. The highest BCUT2D eigenvalue weighted by atomic mass is 16.3. The summed E-state index contributed by atoms with van der Waals surface area (Å²) in [6.07, 6.45) is 6.55. The van der Waals surface area contributed by atoms with Crippen LogP contribution >= 0.6 is 0 Å². The van der Waals surface area contributed by atoms with E-state index in [2.05, 4.69) is 35.4 Å². The fourth-order valence-corrected chi connectivity index (χ4v) is 3.52. The molecule has 0 amide bonds. The van der Waals surface area contributed by atoms with Crippen molar-refractivity contribution in [1.82, 2.24) is 0 Å². The number of rotatable bonds is 3. The number of hydrogen-bond acceptors (Lipinski definition) is 2. The zero-order chi connectivity index (χ0) is 14.9. The van der Waals surface area contributed by atoms with Crippen LogP contribution in [0.2, 0.25) is 0 Å². The van der Waals surface area contributed by atoms with Gasteiger partial charge in [0.2, 0.25) is 0 Å². The summed E-state index contributed by atoms with van der Waals surface area (Å²) in [5.41, 5.74) is 9.14. The van der Waals surface area contributed by atoms with Gasteiger partial charge in [0.25, 0.3) is 0 Å². The van der Waals surface area contributed by atoms with Crippen LogP contribution in [0, 0.1) is 5.92 Å². The Balaban J connectivity index is 1.63. The highest BCUT2D eigenvalue weighted by Gasteiger charge is 2.37. The fourth-order valence-electron chi connectivity index (χ4n) is 3.52. The molecule has 1 fully saturated rings. The lowest BCUT2D eigenvalue weighted by Crippen LogP contribution is -2.36. The average Bonchev–Trinajstić information content (AvgIpc) is 3.04. The number of aliphatic imine (C=N–C) groups is 1. The molecule has 0 aliphatic heterocycles. The van der Waals surface area contributed by atoms with Crippen LogP contribution in [0.4, 0.5) is 5.69 Å². The van der Waals surface area contributed by atoms with Gasteiger partial charge < -0.3 is 16.2 Å². The summed E-state index contributed by atoms with van der Waals surface area (Å²) in [6, 6.07) is 6.39. The minimum Gasteiger partial charge on any atom is -0.388 e. The molecule has 1 aromatic carbocycles. The molecule has 2 aliphatic rings. The summed E-state index contributed by atoms with van der Waals surface area (Å²) in [7, 11) is 0. The van der Waals surface area contributed by atoms with Crippen molar-refractivity contribution in [1.29, 1.82) is 0 Å². The van der Waals surface area contributed by atoms with Crippen molar-refractivity contribution in [3.05, 3.63) is 29.3 Å². The summed E-state index contributed by atoms with van der Waals surface area (Å²) < 4.78 is 0. The minimum atomic E-state index is -0.676. The van der Waals surface area contributed by atoms with Gasteiger partial charge >= 0.3 is 0 Å². The van der Waals surface area contributed by atoms with E-state index in [1.165, 1.54) is 24.0 Å². The Labute approximate surface area is 126 Å². The smallest absolute Gasteiger partial charge is 0.193 e. The summed E-state index contributed by atoms with van der Waals surface area (Å²) in [5, 5.41) is 13.7. The van der Waals surface area contributed by atoms with Crippen molar-refractivity contribution in [2.75, 3.05) is 11.9 Å². The van der Waals surface area contributed by atoms with E-state index in [9.17, 15) is 5.11 Å². The van der Waals surface area contributed by atoms with Gasteiger partial charge in [-0.05, 0) is 61.3 Å². The van der Waals surface area contributed by atoms with E-state index in [1.807, 2.05) is 0 Å². The third-order valence-electron chi connectivity index (χ3n) is 5.06. The molecule has 0 radical (unpaired) electrons. The van der Waals surface area contributed by atoms with Crippen LogP contribution in [0.5, 0.6) is 0 Å². The number of benzene rings is 1. The van der Waals surface area contributed by atoms with Crippen molar-refractivity contribution in [3.8, 4) is 0 Å². The topological polar surface area (TPSA) is 70.6 Å². The van der Waals surface area contributed by atoms with E-state index >= 15 is 0 Å². The van der Waals surface area contributed by atoms with Gasteiger partial charge in [0.1, 0.15) is 0 Å². The molecule has 0 spiro atoms. The second-order valence-electron chi connectivity index (χ2n) is 6.56. The third-order valence-corrected chi connectivity index (χ3v) is 5.06. The monoisotopic (exact) mass is 287 g/mol. The zero-order valence-electron chi connectivity index (χ0n) is 12.7. The summed E-state index contributed by atoms with van der Waals surface area (Å²) >= 11 is 0. The molecule has 21 heavy (non-hydrogen) atoms. The molecule has 4 N–H and O–H groups in total. The van der Waals surface area contributed by atoms with Gasteiger partial charge in [-0.3, -0.25) is 4.99 Å². The van der Waals surface area contributed by atoms with Gasteiger partial charge in [0.15, 0.2) is 5.96 Å². The highest BCUT2D eigenvalue weighted by molar-refractivity contribution is 5.92. The normalized spacial score (nSPS) is 28.7. The Morgan fingerprint density at radius 3 is 2.95 bits per heavy atom. The van der Waals surface area contributed by atoms with Crippen LogP contribution in [-0.4, -0.2) is 23.2 Å². The molecule has 1 saturated carbocycles. The number of fused-ring (bicyclic) bond motifs is 1. The number of nitrogens with two attached hydrogens (primary N) is 1. The molecule has 2 aliphatic carbocycles. The van der Waals surface area contributed by atoms with Crippen LogP contribution in [0.25, 0.3) is 0 Å². The van der Waals surface area contributed by atoms with E-state index in [0.717, 1.165) is 31.4 Å². The number of aryl methyl sites for hydroxylation is 2. The van der Waals surface area contributed by atoms with E-state index in [1.54, 1.807) is 0 Å². The van der Waals surface area contributed by atoms with Gasteiger partial charge in [-0.15, -0.1) is 0 Å². The predicted molar refractivity (Wildman–Crippen MR) is 86.5 cm³/mol. The Morgan fingerprint density at radius 2 is 2.19 bits per heavy atom. The second-order valence-corrected chi connectivity index (χ2v) is 6.56. The van der Waals surface area contributed by atoms with Gasteiger partial charge in [-0.1, -0.05) is 19.4 Å². The van der Waals surface area contributed by atoms with Crippen LogP contribution < -0.4 is 11.1 Å². The summed E-state index contributed by atoms with van der Waals surface area (Å²) in [4.78, 5) is 4.35. The number of hydrogen-bond donors (Lipinski definition) is 3. The predicted octanol–water partition coefficient (Wildman–Crippen LogP) is 2.45. The maximum absolute atomic E-state index is 10.5. The standard InChI is InChI=1S/C17H25N3O/c1-12-4-3-9-17(12,21)11-19-16(18)20-15-8-7-13-5-2-6-14(13)10-15/h7-8,10,12,21H,2-6,9,11H2,1H3,(H3,18,19,20). The lowest BCUT2D eigenvalue weighted by Gasteiger charge is -2.25. The van der Waals surface area contributed by atoms with Gasteiger partial charge in [-0.25, -0.2) is 0 Å². The molecule has 2 unspecified atom stereocenters. The van der Waals surface area contributed by atoms with Crippen molar-refractivity contribution >= 4 is 11.6 Å². The first kappa shape index (κ1) is 14.4. The number of guanidine groups is 1. The van der Waals surface area contributed by atoms with Crippen molar-refractivity contribution in [2.24, 2.45) is 16.6 Å². The van der Waals surface area contributed by atoms with Crippen LogP contribution in [0.1, 0.15) is 43.7 Å². The van der Waals surface area contributed by atoms with Crippen LogP contribution in [-0.2, 0) is 12.8 Å². The molecule has 0 saturated heterocycles. The molecule has 0 aromatic heterocycles. The molecule has 1 aromatic rings. The summed E-state index contributed by atoms with van der Waals surface area (Å²) in [5.74, 6) is 0.689. The quantitative estimate of drug-likeness (QED) is 0.591. The lowest BCUT2D eigenvalue weighted by molar-refractivity contribution is 0.0187. The number of aliphatic hydroxyl groups is 1. The first-order chi connectivity index (χ1) is 10.1. The third kappa shape index (κ3) is 3.05. The van der Waals surface area contributed by atoms with Gasteiger partial charge in [0.05, 0.1) is 12.1 Å². The maximum Gasteiger partial charge on any atom is 0.193 e. The Hall–Kier alpha value is -1.55. The molecule has 0 heterocycles. The molecule has 4 heteroatoms. The molecule has 0 bridgehead atoms. The van der Waals surface area contributed by atoms with E-state index in [0.29, 0.717) is 18.4 Å². The van der Waals surface area contributed by atoms with Gasteiger partial charge in [0, 0.05) is 5.69 Å². The molecule has 114 valence electrons. The Bertz CT molecular complexity index is 555. The number of anilines is 1. The first-order valence-electron chi connectivity index (χ1n) is 7.98. The Morgan fingerprint density at radius 1 is 1.38 bits per heavy atom. The molecule has 4 nitrogen and oxygen atoms in total. The fraction of sp³-hybridized carbons (Fsp3) is 0.588. The largest absolute Gasteiger partial charge is 0.388 e. The number of nitrogens with zero attached hydrogens (tertiary/aromatic N) is 1. The van der Waals surface area contributed by atoms with E-state index in [4.69, 9.17) is 5.73 Å². The van der Waals surface area contributed by atoms with Crippen molar-refractivity contribution in [2.45, 2.75) is 51.0 Å². The van der Waals surface area contributed by atoms with Crippen LogP contribution in [0.3, 0.4) is 0 Å². The zero-order valence-corrected chi connectivity index (χ0v) is 12.7. The Kier molecular flexibility index (Phi) is 3.89. The second kappa shape index (κ2) is 5.68. The van der Waals surface area contributed by atoms with E-state index < -0.39 is 5.60 Å². The SMILES string of the molecule is CC1CCCC1(O)CN=C(N)Nc1ccc2c(c1)CCC2. The molecule has 3 rings (SSSR count). The number of nitrogens with one attached hydrogen (secondary N) is 1. The summed E-state index contributed by atoms with van der Waals surface area (Å²) in [6.45, 7) is 2.48. The van der Waals surface area contributed by atoms with Gasteiger partial charge in [-0.2, -0.15) is 0 Å². The van der Waals surface area contributed by atoms with Crippen LogP contribution in [0.15, 0.2) is 23.2 Å². The molecular weight excluding hydrogens is 262 g/mol. The maximum atomic E-state index is 10.5. The van der Waals surface area contributed by atoms with E-state index in [-0.39, 0.29) is 0 Å². The molecular formula is C17H25N3O. The lowest BCUT2D eigenvalue weighted by atomic mass is 9.93. The van der Waals surface area contributed by atoms with Crippen molar-refractivity contribution in [3.63, 3.8) is 0 Å². The van der Waals surface area contributed by atoms with Crippen molar-refractivity contribution < 1.29 is 5.11 Å².